The highest BCUT2D eigenvalue weighted by molar-refractivity contribution is 5.80. The van der Waals surface area contributed by atoms with Crippen LogP contribution in [0.5, 0.6) is 0 Å². The Morgan fingerprint density at radius 2 is 2.03 bits per heavy atom. The van der Waals surface area contributed by atoms with Crippen LogP contribution in [0.25, 0.3) is 0 Å². The smallest absolute Gasteiger partial charge is 0.308 e. The van der Waals surface area contributed by atoms with E-state index in [1.807, 2.05) is 7.05 Å². The Labute approximate surface area is 174 Å². The quantitative estimate of drug-likeness (QED) is 0.461. The number of hydrogen-bond donors (Lipinski definition) is 1. The van der Waals surface area contributed by atoms with E-state index < -0.39 is 0 Å². The van der Waals surface area contributed by atoms with Crippen LogP contribution in [0, 0.1) is 5.92 Å². The lowest BCUT2D eigenvalue weighted by atomic mass is 9.97. The van der Waals surface area contributed by atoms with Crippen LogP contribution in [-0.2, 0) is 27.4 Å². The van der Waals surface area contributed by atoms with E-state index in [9.17, 15) is 4.79 Å². The highest BCUT2D eigenvalue weighted by Crippen LogP contribution is 2.18. The lowest BCUT2D eigenvalue weighted by Crippen LogP contribution is -2.46. The zero-order chi connectivity index (χ0) is 20.6. The van der Waals surface area contributed by atoms with E-state index in [4.69, 9.17) is 9.47 Å². The zero-order valence-electron chi connectivity index (χ0n) is 17.9. The standard InChI is InChI=1S/C22H34N4O3/c1-17-15-25(11-12-29-17)16-19-6-4-5-18(13-19)14-24-22(23-2)26-9-7-20(8-10-26)21(27)28-3/h4-6,13,17,20H,7-12,14-16H2,1-3H3,(H,23,24). The normalized spacial score (nSPS) is 21.8. The van der Waals surface area contributed by atoms with Gasteiger partial charge in [-0.2, -0.15) is 0 Å². The molecule has 0 aromatic heterocycles. The van der Waals surface area contributed by atoms with Crippen molar-refractivity contribution in [1.82, 2.24) is 15.1 Å². The molecule has 3 rings (SSSR count). The first-order valence-corrected chi connectivity index (χ1v) is 10.5. The van der Waals surface area contributed by atoms with Crippen molar-refractivity contribution < 1.29 is 14.3 Å². The van der Waals surface area contributed by atoms with Crippen LogP contribution in [0.1, 0.15) is 30.9 Å². The fourth-order valence-corrected chi connectivity index (χ4v) is 4.14. The second kappa shape index (κ2) is 10.6. The maximum Gasteiger partial charge on any atom is 0.308 e. The average Bonchev–Trinajstić information content (AvgIpc) is 2.74. The first kappa shape index (κ1) is 21.6. The number of carbonyl (C=O) groups excluding carboxylic acids is 1. The van der Waals surface area contributed by atoms with E-state index in [2.05, 4.69) is 51.3 Å². The van der Waals surface area contributed by atoms with E-state index in [1.54, 1.807) is 0 Å². The molecule has 2 heterocycles. The van der Waals surface area contributed by atoms with Gasteiger partial charge >= 0.3 is 5.97 Å². The molecule has 160 valence electrons. The lowest BCUT2D eigenvalue weighted by Gasteiger charge is -2.33. The van der Waals surface area contributed by atoms with Crippen molar-refractivity contribution in [1.29, 1.82) is 0 Å². The molecule has 2 fully saturated rings. The molecule has 2 aliphatic heterocycles. The Morgan fingerprint density at radius 3 is 2.72 bits per heavy atom. The van der Waals surface area contributed by atoms with Gasteiger partial charge < -0.3 is 19.7 Å². The molecule has 1 aromatic rings. The van der Waals surface area contributed by atoms with E-state index in [-0.39, 0.29) is 11.9 Å². The maximum atomic E-state index is 11.7. The molecule has 1 N–H and O–H groups in total. The van der Waals surface area contributed by atoms with Crippen molar-refractivity contribution >= 4 is 11.9 Å². The fraction of sp³-hybridized carbons (Fsp3) is 0.636. The highest BCUT2D eigenvalue weighted by atomic mass is 16.5. The molecule has 1 unspecified atom stereocenters. The van der Waals surface area contributed by atoms with Crippen LogP contribution in [0.2, 0.25) is 0 Å². The number of nitrogens with zero attached hydrogens (tertiary/aromatic N) is 3. The second-order valence-corrected chi connectivity index (χ2v) is 7.92. The predicted octanol–water partition coefficient (Wildman–Crippen LogP) is 1.87. The number of piperidine rings is 1. The summed E-state index contributed by atoms with van der Waals surface area (Å²) >= 11 is 0. The molecule has 2 aliphatic rings. The largest absolute Gasteiger partial charge is 0.469 e. The maximum absolute atomic E-state index is 11.7. The number of carbonyl (C=O) groups is 1. The Balaban J connectivity index is 1.50. The van der Waals surface area contributed by atoms with Gasteiger partial charge in [-0.05, 0) is 30.9 Å². The first-order chi connectivity index (χ1) is 14.1. The van der Waals surface area contributed by atoms with Gasteiger partial charge in [0.25, 0.3) is 0 Å². The minimum Gasteiger partial charge on any atom is -0.469 e. The summed E-state index contributed by atoms with van der Waals surface area (Å²) in [5, 5.41) is 3.48. The average molecular weight is 403 g/mol. The molecule has 1 atom stereocenters. The van der Waals surface area contributed by atoms with E-state index >= 15 is 0 Å². The fourth-order valence-electron chi connectivity index (χ4n) is 4.14. The summed E-state index contributed by atoms with van der Waals surface area (Å²) in [6, 6.07) is 8.73. The summed E-state index contributed by atoms with van der Waals surface area (Å²) in [5.41, 5.74) is 2.57. The summed E-state index contributed by atoms with van der Waals surface area (Å²) in [4.78, 5) is 20.8. The van der Waals surface area contributed by atoms with Gasteiger partial charge in [-0.25, -0.2) is 0 Å². The molecule has 7 heteroatoms. The van der Waals surface area contributed by atoms with Crippen molar-refractivity contribution in [3.63, 3.8) is 0 Å². The number of hydrogen-bond acceptors (Lipinski definition) is 5. The summed E-state index contributed by atoms with van der Waals surface area (Å²) in [6.07, 6.45) is 1.92. The molecule has 0 aliphatic carbocycles. The number of aliphatic imine (C=N–C) groups is 1. The molecule has 29 heavy (non-hydrogen) atoms. The highest BCUT2D eigenvalue weighted by Gasteiger charge is 2.27. The molecule has 0 bridgehead atoms. The SMILES string of the molecule is CN=C(NCc1cccc(CN2CCOC(C)C2)c1)N1CCC(C(=O)OC)CC1. The van der Waals surface area contributed by atoms with Crippen molar-refractivity contribution in [2.75, 3.05) is 46.9 Å². The number of likely N-dealkylation sites (tertiary alicyclic amines) is 1. The van der Waals surface area contributed by atoms with Gasteiger partial charge in [0, 0.05) is 46.3 Å². The van der Waals surface area contributed by atoms with E-state index in [0.717, 1.165) is 64.7 Å². The second-order valence-electron chi connectivity index (χ2n) is 7.92. The third-order valence-electron chi connectivity index (χ3n) is 5.71. The molecule has 0 radical (unpaired) electrons. The van der Waals surface area contributed by atoms with Gasteiger partial charge in [-0.15, -0.1) is 0 Å². The van der Waals surface area contributed by atoms with E-state index in [0.29, 0.717) is 6.10 Å². The molecule has 0 amide bonds. The van der Waals surface area contributed by atoms with Crippen LogP contribution in [-0.4, -0.2) is 74.8 Å². The monoisotopic (exact) mass is 402 g/mol. The number of methoxy groups -OCH3 is 1. The van der Waals surface area contributed by atoms with Crippen LogP contribution in [0.15, 0.2) is 29.3 Å². The number of rotatable bonds is 5. The third kappa shape index (κ3) is 6.18. The number of morpholine rings is 1. The number of nitrogens with one attached hydrogen (secondary N) is 1. The summed E-state index contributed by atoms with van der Waals surface area (Å²) in [7, 11) is 3.27. The molecule has 2 saturated heterocycles. The topological polar surface area (TPSA) is 66.4 Å². The molecule has 0 saturated carbocycles. The third-order valence-corrected chi connectivity index (χ3v) is 5.71. The van der Waals surface area contributed by atoms with Gasteiger partial charge in [-0.1, -0.05) is 24.3 Å². The van der Waals surface area contributed by atoms with Crippen LogP contribution in [0.3, 0.4) is 0 Å². The molecular weight excluding hydrogens is 368 g/mol. The number of esters is 1. The van der Waals surface area contributed by atoms with Gasteiger partial charge in [0.1, 0.15) is 0 Å². The Kier molecular flexibility index (Phi) is 7.89. The van der Waals surface area contributed by atoms with Crippen molar-refractivity contribution in [2.24, 2.45) is 10.9 Å². The minimum atomic E-state index is -0.0981. The van der Waals surface area contributed by atoms with Gasteiger partial charge in [0.2, 0.25) is 0 Å². The molecule has 1 aromatic carbocycles. The summed E-state index contributed by atoms with van der Waals surface area (Å²) in [5.74, 6) is 0.800. The Morgan fingerprint density at radius 1 is 1.28 bits per heavy atom. The van der Waals surface area contributed by atoms with Crippen molar-refractivity contribution in [3.8, 4) is 0 Å². The predicted molar refractivity (Wildman–Crippen MR) is 114 cm³/mol. The number of guanidine groups is 1. The summed E-state index contributed by atoms with van der Waals surface area (Å²) < 4.78 is 10.5. The Hall–Kier alpha value is -2.12. The van der Waals surface area contributed by atoms with Gasteiger partial charge in [0.05, 0.1) is 25.7 Å². The van der Waals surface area contributed by atoms with Crippen LogP contribution in [0.4, 0.5) is 0 Å². The summed E-state index contributed by atoms with van der Waals surface area (Å²) in [6.45, 7) is 8.23. The molecule has 7 nitrogen and oxygen atoms in total. The lowest BCUT2D eigenvalue weighted by molar-refractivity contribution is -0.146. The van der Waals surface area contributed by atoms with Crippen LogP contribution < -0.4 is 5.32 Å². The Bertz CT molecular complexity index is 701. The zero-order valence-corrected chi connectivity index (χ0v) is 17.9. The molecular formula is C22H34N4O3. The molecule has 0 spiro atoms. The van der Waals surface area contributed by atoms with Gasteiger partial charge in [-0.3, -0.25) is 14.7 Å². The first-order valence-electron chi connectivity index (χ1n) is 10.5. The van der Waals surface area contributed by atoms with Crippen molar-refractivity contribution in [2.45, 2.75) is 39.0 Å². The van der Waals surface area contributed by atoms with Crippen LogP contribution >= 0.6 is 0 Å². The van der Waals surface area contributed by atoms with Gasteiger partial charge in [0.15, 0.2) is 5.96 Å². The minimum absolute atomic E-state index is 0.00828. The number of benzene rings is 1. The number of ether oxygens (including phenoxy) is 2. The van der Waals surface area contributed by atoms with Crippen molar-refractivity contribution in [3.05, 3.63) is 35.4 Å². The van der Waals surface area contributed by atoms with E-state index in [1.165, 1.54) is 18.2 Å².